The van der Waals surface area contributed by atoms with E-state index in [0.29, 0.717) is 18.3 Å². The molecule has 2 bridgehead atoms. The molecule has 2 N–H and O–H groups in total. The molecule has 2 fully saturated rings. The summed E-state index contributed by atoms with van der Waals surface area (Å²) in [5.74, 6) is 0.924. The lowest BCUT2D eigenvalue weighted by molar-refractivity contribution is -0.143. The quantitative estimate of drug-likeness (QED) is 0.788. The van der Waals surface area contributed by atoms with E-state index in [-0.39, 0.29) is 11.8 Å². The van der Waals surface area contributed by atoms with Crippen LogP contribution < -0.4 is 5.32 Å². The van der Waals surface area contributed by atoms with Gasteiger partial charge in [-0.15, -0.1) is 0 Å². The molecule has 0 aromatic rings. The zero-order valence-electron chi connectivity index (χ0n) is 11.2. The molecule has 4 heteroatoms. The van der Waals surface area contributed by atoms with Crippen LogP contribution in [0.4, 0.5) is 0 Å². The summed E-state index contributed by atoms with van der Waals surface area (Å²) in [6.07, 6.45) is 5.54. The highest BCUT2D eigenvalue weighted by atomic mass is 16.4. The number of amides is 1. The Morgan fingerprint density at radius 3 is 2.44 bits per heavy atom. The Kier molecular flexibility index (Phi) is 3.93. The minimum absolute atomic E-state index is 0.0773. The number of carboxylic acids is 1. The normalized spacial score (nSPS) is 31.6. The Bertz CT molecular complexity index is 340. The largest absolute Gasteiger partial charge is 0.480 e. The standard InChI is InChI=1S/C14H23NO3/c1-8(2)13(14(17)18)15-12(16)7-11-6-9-3-4-10(11)5-9/h8-11,13H,3-7H2,1-2H3,(H,15,16)(H,17,18)/t9?,10?,11?,13-/m0/s1. The first-order valence-corrected chi connectivity index (χ1v) is 6.99. The van der Waals surface area contributed by atoms with Gasteiger partial charge in [0, 0.05) is 6.42 Å². The summed E-state index contributed by atoms with van der Waals surface area (Å²) in [4.78, 5) is 22.9. The molecular weight excluding hydrogens is 230 g/mol. The zero-order valence-corrected chi connectivity index (χ0v) is 11.2. The van der Waals surface area contributed by atoms with E-state index in [0.717, 1.165) is 12.3 Å². The highest BCUT2D eigenvalue weighted by Crippen LogP contribution is 2.49. The third-order valence-corrected chi connectivity index (χ3v) is 4.58. The van der Waals surface area contributed by atoms with Crippen LogP contribution in [0.15, 0.2) is 0 Å². The van der Waals surface area contributed by atoms with Gasteiger partial charge in [-0.3, -0.25) is 4.79 Å². The molecule has 0 spiro atoms. The van der Waals surface area contributed by atoms with Crippen LogP contribution in [0, 0.1) is 23.7 Å². The molecule has 3 unspecified atom stereocenters. The van der Waals surface area contributed by atoms with E-state index in [1.807, 2.05) is 13.8 Å². The topological polar surface area (TPSA) is 66.4 Å². The Morgan fingerprint density at radius 1 is 1.28 bits per heavy atom. The highest BCUT2D eigenvalue weighted by Gasteiger charge is 2.40. The number of hydrogen-bond acceptors (Lipinski definition) is 2. The summed E-state index contributed by atoms with van der Waals surface area (Å²) in [6, 6.07) is -0.754. The molecule has 0 aliphatic heterocycles. The van der Waals surface area contributed by atoms with E-state index >= 15 is 0 Å². The molecule has 2 aliphatic carbocycles. The van der Waals surface area contributed by atoms with Crippen LogP contribution in [0.1, 0.15) is 46.0 Å². The molecule has 4 nitrogen and oxygen atoms in total. The molecule has 0 heterocycles. The van der Waals surface area contributed by atoms with Gasteiger partial charge in [0.15, 0.2) is 0 Å². The van der Waals surface area contributed by atoms with Crippen LogP contribution in [0.3, 0.4) is 0 Å². The number of carbonyl (C=O) groups is 2. The first-order chi connectivity index (χ1) is 8.47. The molecule has 102 valence electrons. The van der Waals surface area contributed by atoms with E-state index in [4.69, 9.17) is 5.11 Å². The maximum Gasteiger partial charge on any atom is 0.326 e. The van der Waals surface area contributed by atoms with Crippen LogP contribution in [0.2, 0.25) is 0 Å². The molecule has 4 atom stereocenters. The minimum Gasteiger partial charge on any atom is -0.480 e. The highest BCUT2D eigenvalue weighted by molar-refractivity contribution is 5.83. The lowest BCUT2D eigenvalue weighted by Crippen LogP contribution is -2.45. The summed E-state index contributed by atoms with van der Waals surface area (Å²) in [5, 5.41) is 11.7. The average Bonchev–Trinajstić information content (AvgIpc) is 2.86. The second-order valence-electron chi connectivity index (χ2n) is 6.27. The second-order valence-corrected chi connectivity index (χ2v) is 6.27. The van der Waals surface area contributed by atoms with Gasteiger partial charge in [0.05, 0.1) is 0 Å². The number of carboxylic acid groups (broad SMARTS) is 1. The predicted molar refractivity (Wildman–Crippen MR) is 68.0 cm³/mol. The van der Waals surface area contributed by atoms with Crippen molar-refractivity contribution in [2.24, 2.45) is 23.7 Å². The van der Waals surface area contributed by atoms with Gasteiger partial charge < -0.3 is 10.4 Å². The van der Waals surface area contributed by atoms with Crippen LogP contribution in [0.5, 0.6) is 0 Å². The van der Waals surface area contributed by atoms with Gasteiger partial charge in [-0.1, -0.05) is 20.3 Å². The number of aliphatic carboxylic acids is 1. The van der Waals surface area contributed by atoms with Gasteiger partial charge in [-0.05, 0) is 42.9 Å². The van der Waals surface area contributed by atoms with Crippen LogP contribution in [-0.2, 0) is 9.59 Å². The van der Waals surface area contributed by atoms with E-state index in [1.54, 1.807) is 0 Å². The second kappa shape index (κ2) is 5.29. The lowest BCUT2D eigenvalue weighted by Gasteiger charge is -2.23. The number of hydrogen-bond donors (Lipinski definition) is 2. The van der Waals surface area contributed by atoms with Crippen molar-refractivity contribution in [3.63, 3.8) is 0 Å². The number of rotatable bonds is 5. The van der Waals surface area contributed by atoms with Crippen LogP contribution in [0.25, 0.3) is 0 Å². The molecule has 2 saturated carbocycles. The van der Waals surface area contributed by atoms with Crippen LogP contribution in [-0.4, -0.2) is 23.0 Å². The Labute approximate surface area is 108 Å². The fraction of sp³-hybridized carbons (Fsp3) is 0.857. The van der Waals surface area contributed by atoms with Crippen molar-refractivity contribution in [1.29, 1.82) is 0 Å². The van der Waals surface area contributed by atoms with Crippen molar-refractivity contribution in [2.75, 3.05) is 0 Å². The number of fused-ring (bicyclic) bond motifs is 2. The van der Waals surface area contributed by atoms with Crippen molar-refractivity contribution in [3.05, 3.63) is 0 Å². The van der Waals surface area contributed by atoms with Crippen molar-refractivity contribution in [1.82, 2.24) is 5.32 Å². The molecule has 1 amide bonds. The zero-order chi connectivity index (χ0) is 13.3. The predicted octanol–water partition coefficient (Wildman–Crippen LogP) is 2.04. The number of nitrogens with one attached hydrogen (secondary N) is 1. The summed E-state index contributed by atoms with van der Waals surface area (Å²) >= 11 is 0. The average molecular weight is 253 g/mol. The monoisotopic (exact) mass is 253 g/mol. The summed E-state index contributed by atoms with van der Waals surface area (Å²) in [6.45, 7) is 3.63. The summed E-state index contributed by atoms with van der Waals surface area (Å²) < 4.78 is 0. The van der Waals surface area contributed by atoms with E-state index in [1.165, 1.54) is 19.3 Å². The molecule has 0 aromatic heterocycles. The van der Waals surface area contributed by atoms with Gasteiger partial charge in [0.25, 0.3) is 0 Å². The van der Waals surface area contributed by atoms with Crippen LogP contribution >= 0.6 is 0 Å². The van der Waals surface area contributed by atoms with E-state index in [2.05, 4.69) is 5.32 Å². The lowest BCUT2D eigenvalue weighted by atomic mass is 9.86. The first-order valence-electron chi connectivity index (χ1n) is 6.99. The van der Waals surface area contributed by atoms with Crippen molar-refractivity contribution >= 4 is 11.9 Å². The fourth-order valence-electron chi connectivity index (χ4n) is 3.61. The molecular formula is C14H23NO3. The van der Waals surface area contributed by atoms with Gasteiger partial charge in [0.1, 0.15) is 6.04 Å². The molecule has 0 saturated heterocycles. The Balaban J connectivity index is 1.83. The molecule has 0 radical (unpaired) electrons. The molecule has 2 rings (SSSR count). The molecule has 18 heavy (non-hydrogen) atoms. The van der Waals surface area contributed by atoms with E-state index < -0.39 is 12.0 Å². The minimum atomic E-state index is -0.939. The van der Waals surface area contributed by atoms with Gasteiger partial charge in [0.2, 0.25) is 5.91 Å². The van der Waals surface area contributed by atoms with Crippen molar-refractivity contribution < 1.29 is 14.7 Å². The third-order valence-electron chi connectivity index (χ3n) is 4.58. The SMILES string of the molecule is CC(C)[C@H](NC(=O)CC1CC2CCC1C2)C(=O)O. The third kappa shape index (κ3) is 2.85. The first kappa shape index (κ1) is 13.4. The van der Waals surface area contributed by atoms with Crippen molar-refractivity contribution in [2.45, 2.75) is 52.0 Å². The van der Waals surface area contributed by atoms with Gasteiger partial charge >= 0.3 is 5.97 Å². The maximum absolute atomic E-state index is 11.9. The Hall–Kier alpha value is -1.06. The smallest absolute Gasteiger partial charge is 0.326 e. The summed E-state index contributed by atoms with van der Waals surface area (Å²) in [7, 11) is 0. The van der Waals surface area contributed by atoms with E-state index in [9.17, 15) is 9.59 Å². The maximum atomic E-state index is 11.9. The molecule has 0 aromatic carbocycles. The van der Waals surface area contributed by atoms with Crippen molar-refractivity contribution in [3.8, 4) is 0 Å². The fourth-order valence-corrected chi connectivity index (χ4v) is 3.61. The Morgan fingerprint density at radius 2 is 2.00 bits per heavy atom. The van der Waals surface area contributed by atoms with Gasteiger partial charge in [-0.25, -0.2) is 4.79 Å². The molecule has 2 aliphatic rings. The number of carbonyl (C=O) groups excluding carboxylic acids is 1. The summed E-state index contributed by atoms with van der Waals surface area (Å²) in [5.41, 5.74) is 0. The van der Waals surface area contributed by atoms with Gasteiger partial charge in [-0.2, -0.15) is 0 Å².